The number of benzene rings is 1. The van der Waals surface area contributed by atoms with Gasteiger partial charge in [0.25, 0.3) is 0 Å². The Balaban J connectivity index is 1.20. The summed E-state index contributed by atoms with van der Waals surface area (Å²) in [5.74, 6) is 1.27. The lowest BCUT2D eigenvalue weighted by Gasteiger charge is -2.38. The molecule has 204 valence electrons. The molecule has 0 radical (unpaired) electrons. The molecule has 2 fully saturated rings. The fourth-order valence-electron chi connectivity index (χ4n) is 5.48. The number of halogens is 3. The molecule has 2 saturated heterocycles. The van der Waals surface area contributed by atoms with Crippen molar-refractivity contribution in [3.05, 3.63) is 41.7 Å². The van der Waals surface area contributed by atoms with Crippen molar-refractivity contribution in [3.63, 3.8) is 0 Å². The van der Waals surface area contributed by atoms with Crippen LogP contribution in [0.15, 0.2) is 35.7 Å². The van der Waals surface area contributed by atoms with E-state index in [1.807, 2.05) is 11.8 Å². The number of hydrogen-bond acceptors (Lipinski definition) is 7. The normalized spacial score (nSPS) is 18.4. The Labute approximate surface area is 223 Å². The first kappa shape index (κ1) is 26.7. The lowest BCUT2D eigenvalue weighted by molar-refractivity contribution is -0.138. The van der Waals surface area contributed by atoms with Crippen molar-refractivity contribution < 1.29 is 18.0 Å². The molecule has 0 spiro atoms. The largest absolute Gasteiger partial charge is 0.416 e. The van der Waals surface area contributed by atoms with Crippen molar-refractivity contribution in [1.29, 1.82) is 0 Å². The van der Waals surface area contributed by atoms with E-state index in [-0.39, 0.29) is 23.8 Å². The number of thioether (sulfide) groups is 1. The van der Waals surface area contributed by atoms with E-state index < -0.39 is 11.7 Å². The molecule has 4 heterocycles. The zero-order valence-electron chi connectivity index (χ0n) is 21.3. The van der Waals surface area contributed by atoms with Gasteiger partial charge in [-0.3, -0.25) is 9.69 Å². The van der Waals surface area contributed by atoms with Gasteiger partial charge in [0, 0.05) is 49.6 Å². The van der Waals surface area contributed by atoms with Crippen LogP contribution in [0, 0.1) is 5.92 Å². The lowest BCUT2D eigenvalue weighted by atomic mass is 9.93. The van der Waals surface area contributed by atoms with Gasteiger partial charge in [0.1, 0.15) is 0 Å². The summed E-state index contributed by atoms with van der Waals surface area (Å²) in [6.45, 7) is 5.72. The minimum atomic E-state index is -4.40. The number of likely N-dealkylation sites (tertiary alicyclic amines) is 2. The number of aromatic nitrogens is 4. The molecule has 5 rings (SSSR count). The van der Waals surface area contributed by atoms with E-state index in [1.165, 1.54) is 17.8 Å². The summed E-state index contributed by atoms with van der Waals surface area (Å²) in [4.78, 5) is 30.2. The lowest BCUT2D eigenvalue weighted by Crippen LogP contribution is -2.45. The molecule has 38 heavy (non-hydrogen) atoms. The summed E-state index contributed by atoms with van der Waals surface area (Å²) in [7, 11) is 0. The van der Waals surface area contributed by atoms with Gasteiger partial charge in [-0.2, -0.15) is 13.2 Å². The minimum absolute atomic E-state index is 0.0199. The van der Waals surface area contributed by atoms with E-state index in [1.54, 1.807) is 12.4 Å². The van der Waals surface area contributed by atoms with Gasteiger partial charge >= 0.3 is 6.18 Å². The van der Waals surface area contributed by atoms with Gasteiger partial charge in [0.2, 0.25) is 11.9 Å². The number of alkyl halides is 3. The van der Waals surface area contributed by atoms with Crippen LogP contribution in [0.3, 0.4) is 0 Å². The average Bonchev–Trinajstić information content (AvgIpc) is 3.27. The average molecular weight is 548 g/mol. The van der Waals surface area contributed by atoms with E-state index in [0.29, 0.717) is 18.6 Å². The maximum absolute atomic E-state index is 13.3. The van der Waals surface area contributed by atoms with Gasteiger partial charge in [-0.1, -0.05) is 18.7 Å². The predicted octanol–water partition coefficient (Wildman–Crippen LogP) is 4.62. The molecule has 2 aromatic heterocycles. The summed E-state index contributed by atoms with van der Waals surface area (Å²) in [6.07, 6.45) is 2.23. The summed E-state index contributed by atoms with van der Waals surface area (Å²) in [6, 6.07) is 3.90. The van der Waals surface area contributed by atoms with Crippen LogP contribution >= 0.6 is 11.8 Å². The van der Waals surface area contributed by atoms with Crippen molar-refractivity contribution in [2.75, 3.05) is 37.7 Å². The number of nitrogens with zero attached hydrogens (tertiary/aromatic N) is 6. The first-order chi connectivity index (χ1) is 18.2. The Bertz CT molecular complexity index is 1260. The summed E-state index contributed by atoms with van der Waals surface area (Å²) < 4.78 is 41.8. The third kappa shape index (κ3) is 5.75. The molecule has 2 aliphatic rings. The molecular formula is C26H32F3N7OS. The van der Waals surface area contributed by atoms with Crippen LogP contribution in [-0.2, 0) is 17.5 Å². The maximum atomic E-state index is 13.3. The third-order valence-corrected chi connectivity index (χ3v) is 8.30. The molecule has 0 atom stereocenters. The summed E-state index contributed by atoms with van der Waals surface area (Å²) in [5.41, 5.74) is 6.97. The van der Waals surface area contributed by atoms with E-state index >= 15 is 0 Å². The maximum Gasteiger partial charge on any atom is 0.416 e. The van der Waals surface area contributed by atoms with Crippen LogP contribution in [0.4, 0.5) is 19.1 Å². The van der Waals surface area contributed by atoms with Crippen LogP contribution in [0.25, 0.3) is 11.0 Å². The molecule has 2 aliphatic heterocycles. The molecule has 8 nitrogen and oxygen atoms in total. The van der Waals surface area contributed by atoms with Gasteiger partial charge in [-0.05, 0) is 62.7 Å². The fourth-order valence-corrected chi connectivity index (χ4v) is 6.29. The number of anilines is 1. The van der Waals surface area contributed by atoms with E-state index in [2.05, 4.69) is 24.4 Å². The Morgan fingerprint density at radius 3 is 2.39 bits per heavy atom. The molecule has 1 aromatic carbocycles. The molecule has 1 amide bonds. The fraction of sp³-hybridized carbons (Fsp3) is 0.538. The summed E-state index contributed by atoms with van der Waals surface area (Å²) >= 11 is 1.54. The second-order valence-electron chi connectivity index (χ2n) is 9.96. The number of imidazole rings is 1. The number of carbonyl (C=O) groups is 1. The van der Waals surface area contributed by atoms with Gasteiger partial charge in [0.15, 0.2) is 5.16 Å². The second-order valence-corrected chi connectivity index (χ2v) is 11.2. The Kier molecular flexibility index (Phi) is 7.80. The topological polar surface area (TPSA) is 93.2 Å². The number of hydrogen-bond donors (Lipinski definition) is 1. The zero-order chi connectivity index (χ0) is 26.9. The van der Waals surface area contributed by atoms with Crippen LogP contribution in [0.2, 0.25) is 0 Å². The van der Waals surface area contributed by atoms with Gasteiger partial charge in [0.05, 0.1) is 16.6 Å². The Morgan fingerprint density at radius 2 is 1.76 bits per heavy atom. The highest BCUT2D eigenvalue weighted by Crippen LogP contribution is 2.37. The standard InChI is InChI=1S/C26H32F3N7OS/c1-2-38-25-33-21-13-19(26(27,28)29)3-4-22(21)36(25)20-7-11-35(12-8-20)23(37)18-5-9-34(10-6-18)16-17-14-31-24(30)32-15-17/h3-4,13-15,18,20H,2,5-12,16H2,1H3,(H2,30,31,32). The molecule has 0 aliphatic carbocycles. The van der Waals surface area contributed by atoms with Crippen molar-refractivity contribution in [2.45, 2.75) is 56.5 Å². The van der Waals surface area contributed by atoms with Crippen molar-refractivity contribution in [1.82, 2.24) is 29.3 Å². The van der Waals surface area contributed by atoms with E-state index in [4.69, 9.17) is 5.73 Å². The number of piperidine rings is 2. The van der Waals surface area contributed by atoms with Crippen molar-refractivity contribution in [3.8, 4) is 0 Å². The van der Waals surface area contributed by atoms with Crippen LogP contribution < -0.4 is 5.73 Å². The quantitative estimate of drug-likeness (QED) is 0.451. The van der Waals surface area contributed by atoms with Crippen molar-refractivity contribution in [2.24, 2.45) is 5.92 Å². The Hall–Kier alpha value is -2.86. The van der Waals surface area contributed by atoms with Crippen LogP contribution in [-0.4, -0.2) is 67.2 Å². The number of fused-ring (bicyclic) bond motifs is 1. The van der Waals surface area contributed by atoms with Gasteiger partial charge in [-0.25, -0.2) is 15.0 Å². The van der Waals surface area contributed by atoms with Crippen molar-refractivity contribution >= 4 is 34.7 Å². The third-order valence-electron chi connectivity index (χ3n) is 7.47. The number of nitrogens with two attached hydrogens (primary N) is 1. The molecule has 0 bridgehead atoms. The number of carbonyl (C=O) groups excluding carboxylic acids is 1. The number of nitrogen functional groups attached to an aromatic ring is 1. The number of amides is 1. The monoisotopic (exact) mass is 547 g/mol. The Morgan fingerprint density at radius 1 is 1.08 bits per heavy atom. The highest BCUT2D eigenvalue weighted by Gasteiger charge is 2.34. The predicted molar refractivity (Wildman–Crippen MR) is 140 cm³/mol. The minimum Gasteiger partial charge on any atom is -0.368 e. The highest BCUT2D eigenvalue weighted by atomic mass is 32.2. The first-order valence-corrected chi connectivity index (χ1v) is 14.0. The van der Waals surface area contributed by atoms with Gasteiger partial charge < -0.3 is 15.2 Å². The first-order valence-electron chi connectivity index (χ1n) is 13.0. The SMILES string of the molecule is CCSc1nc2cc(C(F)(F)F)ccc2n1C1CCN(C(=O)C2CCN(Cc3cnc(N)nc3)CC2)CC1. The van der Waals surface area contributed by atoms with Crippen LogP contribution in [0.1, 0.15) is 49.8 Å². The summed E-state index contributed by atoms with van der Waals surface area (Å²) in [5, 5.41) is 0.741. The molecule has 2 N–H and O–H groups in total. The number of rotatable bonds is 6. The highest BCUT2D eigenvalue weighted by molar-refractivity contribution is 7.99. The van der Waals surface area contributed by atoms with E-state index in [0.717, 1.165) is 79.4 Å². The van der Waals surface area contributed by atoms with E-state index in [9.17, 15) is 18.0 Å². The molecule has 12 heteroatoms. The zero-order valence-corrected chi connectivity index (χ0v) is 22.1. The molecule has 0 saturated carbocycles. The molecular weight excluding hydrogens is 515 g/mol. The second kappa shape index (κ2) is 11.1. The van der Waals surface area contributed by atoms with Crippen LogP contribution in [0.5, 0.6) is 0 Å². The van der Waals surface area contributed by atoms with Gasteiger partial charge in [-0.15, -0.1) is 0 Å². The molecule has 3 aromatic rings. The smallest absolute Gasteiger partial charge is 0.368 e. The molecule has 0 unspecified atom stereocenters.